The molecule has 2 amide bonds. The van der Waals surface area contributed by atoms with E-state index in [1.54, 1.807) is 35.2 Å². The number of nitrogens with one attached hydrogen (secondary N) is 1. The van der Waals surface area contributed by atoms with Gasteiger partial charge in [0.05, 0.1) is 16.5 Å². The summed E-state index contributed by atoms with van der Waals surface area (Å²) in [6.45, 7) is 2.81. The van der Waals surface area contributed by atoms with Gasteiger partial charge in [-0.1, -0.05) is 90.3 Å². The molecule has 0 aromatic heterocycles. The van der Waals surface area contributed by atoms with Crippen molar-refractivity contribution in [2.45, 2.75) is 38.8 Å². The lowest BCUT2D eigenvalue weighted by Gasteiger charge is -2.31. The van der Waals surface area contributed by atoms with Crippen LogP contribution in [0.4, 0.5) is 0 Å². The van der Waals surface area contributed by atoms with Gasteiger partial charge in [0.25, 0.3) is 0 Å². The second-order valence-corrected chi connectivity index (χ2v) is 9.32. The Kier molecular flexibility index (Phi) is 9.82. The predicted molar refractivity (Wildman–Crippen MR) is 139 cm³/mol. The monoisotopic (exact) mass is 516 g/mol. The van der Waals surface area contributed by atoms with Crippen LogP contribution in [0.5, 0.6) is 0 Å². The third kappa shape index (κ3) is 7.49. The lowest BCUT2D eigenvalue weighted by atomic mass is 10.0. The van der Waals surface area contributed by atoms with Crippen molar-refractivity contribution in [1.29, 1.82) is 0 Å². The van der Waals surface area contributed by atoms with Gasteiger partial charge in [-0.15, -0.1) is 0 Å². The van der Waals surface area contributed by atoms with Crippen molar-refractivity contribution < 1.29 is 9.59 Å². The maximum Gasteiger partial charge on any atom is 0.243 e. The maximum absolute atomic E-state index is 13.6. The van der Waals surface area contributed by atoms with Crippen molar-refractivity contribution in [1.82, 2.24) is 10.2 Å². The minimum atomic E-state index is -0.681. The fourth-order valence-electron chi connectivity index (χ4n) is 3.63. The number of amides is 2. The SMILES string of the molecule is CCCNC(=O)[C@@H](Cc1ccccc1)N(Cc1ccc(Cl)cc1)C(=O)Cc1ccc(Cl)c(Cl)c1. The van der Waals surface area contributed by atoms with E-state index in [0.29, 0.717) is 28.0 Å². The van der Waals surface area contributed by atoms with Crippen molar-refractivity contribution in [3.05, 3.63) is 105 Å². The van der Waals surface area contributed by atoms with E-state index < -0.39 is 6.04 Å². The first-order chi connectivity index (χ1) is 16.4. The molecule has 34 heavy (non-hydrogen) atoms. The first kappa shape index (κ1) is 26.1. The molecule has 0 fully saturated rings. The number of carbonyl (C=O) groups excluding carboxylic acids is 2. The van der Waals surface area contributed by atoms with Gasteiger partial charge in [0.2, 0.25) is 11.8 Å². The summed E-state index contributed by atoms with van der Waals surface area (Å²) in [7, 11) is 0. The molecular formula is C27H27Cl3N2O2. The van der Waals surface area contributed by atoms with Crippen LogP contribution in [-0.4, -0.2) is 29.3 Å². The Morgan fingerprint density at radius 3 is 2.18 bits per heavy atom. The molecule has 0 unspecified atom stereocenters. The van der Waals surface area contributed by atoms with Gasteiger partial charge in [-0.3, -0.25) is 9.59 Å². The number of halogens is 3. The summed E-state index contributed by atoms with van der Waals surface area (Å²) in [5, 5.41) is 4.40. The van der Waals surface area contributed by atoms with Crippen LogP contribution >= 0.6 is 34.8 Å². The number of benzene rings is 3. The molecule has 0 saturated heterocycles. The van der Waals surface area contributed by atoms with Crippen LogP contribution in [0.25, 0.3) is 0 Å². The average Bonchev–Trinajstić information content (AvgIpc) is 2.84. The smallest absolute Gasteiger partial charge is 0.243 e. The zero-order chi connectivity index (χ0) is 24.5. The molecule has 3 rings (SSSR count). The van der Waals surface area contributed by atoms with E-state index >= 15 is 0 Å². The normalized spacial score (nSPS) is 11.6. The highest BCUT2D eigenvalue weighted by molar-refractivity contribution is 6.42. The van der Waals surface area contributed by atoms with Crippen LogP contribution in [0, 0.1) is 0 Å². The molecule has 4 nitrogen and oxygen atoms in total. The molecule has 0 bridgehead atoms. The number of nitrogens with zero attached hydrogens (tertiary/aromatic N) is 1. The first-order valence-electron chi connectivity index (χ1n) is 11.2. The fraction of sp³-hybridized carbons (Fsp3) is 0.259. The number of carbonyl (C=O) groups is 2. The second kappa shape index (κ2) is 12.8. The largest absolute Gasteiger partial charge is 0.354 e. The Bertz CT molecular complexity index is 1100. The summed E-state index contributed by atoms with van der Waals surface area (Å²) < 4.78 is 0. The van der Waals surface area contributed by atoms with E-state index in [1.165, 1.54) is 0 Å². The molecule has 3 aromatic carbocycles. The molecule has 0 spiro atoms. The Balaban J connectivity index is 1.95. The lowest BCUT2D eigenvalue weighted by molar-refractivity contribution is -0.140. The minimum absolute atomic E-state index is 0.0941. The van der Waals surface area contributed by atoms with Crippen LogP contribution in [0.15, 0.2) is 72.8 Å². The van der Waals surface area contributed by atoms with Crippen molar-refractivity contribution >= 4 is 46.6 Å². The van der Waals surface area contributed by atoms with Crippen LogP contribution in [-0.2, 0) is 29.0 Å². The summed E-state index contributed by atoms with van der Waals surface area (Å²) in [6.07, 6.45) is 1.30. The van der Waals surface area contributed by atoms with Crippen molar-refractivity contribution in [2.75, 3.05) is 6.54 Å². The standard InChI is InChI=1S/C27H27Cl3N2O2/c1-2-14-31-27(34)25(16-19-6-4-3-5-7-19)32(18-20-8-11-22(28)12-9-20)26(33)17-21-10-13-23(29)24(30)15-21/h3-13,15,25H,2,14,16-18H2,1H3,(H,31,34)/t25-/m1/s1. The van der Waals surface area contributed by atoms with Crippen molar-refractivity contribution in [2.24, 2.45) is 0 Å². The summed E-state index contributed by atoms with van der Waals surface area (Å²) in [6, 6.07) is 21.5. The summed E-state index contributed by atoms with van der Waals surface area (Å²) in [4.78, 5) is 28.6. The van der Waals surface area contributed by atoms with E-state index in [4.69, 9.17) is 34.8 Å². The van der Waals surface area contributed by atoms with E-state index in [1.807, 2.05) is 49.4 Å². The Hall–Kier alpha value is -2.53. The molecule has 0 aliphatic carbocycles. The molecule has 1 N–H and O–H groups in total. The van der Waals surface area contributed by atoms with Gasteiger partial charge in [-0.05, 0) is 47.4 Å². The molecule has 0 radical (unpaired) electrons. The van der Waals surface area contributed by atoms with E-state index in [0.717, 1.165) is 23.1 Å². The molecule has 0 aliphatic rings. The third-order valence-electron chi connectivity index (χ3n) is 5.43. The molecule has 178 valence electrons. The van der Waals surface area contributed by atoms with Gasteiger partial charge < -0.3 is 10.2 Å². The predicted octanol–water partition coefficient (Wildman–Crippen LogP) is 6.36. The summed E-state index contributed by atoms with van der Waals surface area (Å²) >= 11 is 18.3. The highest BCUT2D eigenvalue weighted by atomic mass is 35.5. The van der Waals surface area contributed by atoms with E-state index in [9.17, 15) is 9.59 Å². The Morgan fingerprint density at radius 1 is 0.853 bits per heavy atom. The van der Waals surface area contributed by atoms with Gasteiger partial charge in [-0.2, -0.15) is 0 Å². The zero-order valence-corrected chi connectivity index (χ0v) is 21.2. The van der Waals surface area contributed by atoms with Crippen molar-refractivity contribution in [3.63, 3.8) is 0 Å². The molecule has 3 aromatic rings. The first-order valence-corrected chi connectivity index (χ1v) is 12.3. The molecule has 0 heterocycles. The highest BCUT2D eigenvalue weighted by Crippen LogP contribution is 2.24. The number of hydrogen-bond acceptors (Lipinski definition) is 2. The van der Waals surface area contributed by atoms with E-state index in [2.05, 4.69) is 5.32 Å². The van der Waals surface area contributed by atoms with Crippen LogP contribution in [0.1, 0.15) is 30.0 Å². The molecule has 1 atom stereocenters. The lowest BCUT2D eigenvalue weighted by Crippen LogP contribution is -2.51. The van der Waals surface area contributed by atoms with Crippen LogP contribution < -0.4 is 5.32 Å². The topological polar surface area (TPSA) is 49.4 Å². The summed E-state index contributed by atoms with van der Waals surface area (Å²) in [5.41, 5.74) is 2.59. The van der Waals surface area contributed by atoms with Crippen LogP contribution in [0.3, 0.4) is 0 Å². The molecule has 0 aliphatic heterocycles. The van der Waals surface area contributed by atoms with Gasteiger partial charge in [-0.25, -0.2) is 0 Å². The molecule has 0 saturated carbocycles. The summed E-state index contributed by atoms with van der Waals surface area (Å²) in [5.74, 6) is -0.358. The third-order valence-corrected chi connectivity index (χ3v) is 6.42. The maximum atomic E-state index is 13.6. The molecular weight excluding hydrogens is 491 g/mol. The fourth-order valence-corrected chi connectivity index (χ4v) is 4.08. The quantitative estimate of drug-likeness (QED) is 0.340. The second-order valence-electron chi connectivity index (χ2n) is 8.07. The van der Waals surface area contributed by atoms with Crippen molar-refractivity contribution in [3.8, 4) is 0 Å². The highest BCUT2D eigenvalue weighted by Gasteiger charge is 2.30. The van der Waals surface area contributed by atoms with Gasteiger partial charge >= 0.3 is 0 Å². The van der Waals surface area contributed by atoms with E-state index in [-0.39, 0.29) is 24.8 Å². The average molecular weight is 518 g/mol. The Labute approximate surface area is 215 Å². The van der Waals surface area contributed by atoms with Crippen LogP contribution in [0.2, 0.25) is 15.1 Å². The molecule has 7 heteroatoms. The zero-order valence-electron chi connectivity index (χ0n) is 18.9. The number of hydrogen-bond donors (Lipinski definition) is 1. The van der Waals surface area contributed by atoms with Gasteiger partial charge in [0, 0.05) is 24.5 Å². The minimum Gasteiger partial charge on any atom is -0.354 e. The number of rotatable bonds is 10. The Morgan fingerprint density at radius 2 is 1.53 bits per heavy atom. The van der Waals surface area contributed by atoms with Gasteiger partial charge in [0.15, 0.2) is 0 Å². The van der Waals surface area contributed by atoms with Gasteiger partial charge in [0.1, 0.15) is 6.04 Å².